The van der Waals surface area contributed by atoms with Crippen molar-refractivity contribution in [3.63, 3.8) is 0 Å². The number of aliphatic hydroxyl groups excluding tert-OH is 1. The first-order valence-corrected chi connectivity index (χ1v) is 8.12. The molecule has 0 aromatic heterocycles. The first kappa shape index (κ1) is 16.1. The zero-order valence-electron chi connectivity index (χ0n) is 12.5. The number of benzene rings is 1. The number of likely N-dealkylation sites (N-methyl/N-ethyl adjacent to an activating group) is 1. The van der Waals surface area contributed by atoms with Crippen molar-refractivity contribution >= 4 is 29.2 Å². The minimum absolute atomic E-state index is 0.0226. The maximum Gasteiger partial charge on any atom is 0.310 e. The Bertz CT molecular complexity index is 595. The molecule has 2 heterocycles. The molecule has 0 amide bonds. The van der Waals surface area contributed by atoms with E-state index in [0.717, 1.165) is 12.0 Å². The fourth-order valence-electron chi connectivity index (χ4n) is 4.06. The summed E-state index contributed by atoms with van der Waals surface area (Å²) in [7, 11) is 3.36. The minimum atomic E-state index is -0.508. The van der Waals surface area contributed by atoms with Crippen LogP contribution in [0.15, 0.2) is 18.2 Å². The highest BCUT2D eigenvalue weighted by Gasteiger charge is 2.53. The maximum atomic E-state index is 12.4. The molecular formula is C16H19Cl2NO3. The lowest BCUT2D eigenvalue weighted by atomic mass is 9.76. The van der Waals surface area contributed by atoms with Crippen molar-refractivity contribution in [2.45, 2.75) is 36.9 Å². The third-order valence-electron chi connectivity index (χ3n) is 5.13. The van der Waals surface area contributed by atoms with Crippen LogP contribution in [-0.2, 0) is 9.53 Å². The van der Waals surface area contributed by atoms with E-state index in [9.17, 15) is 9.90 Å². The largest absolute Gasteiger partial charge is 0.469 e. The zero-order chi connectivity index (χ0) is 16.0. The van der Waals surface area contributed by atoms with Gasteiger partial charge in [-0.05, 0) is 37.6 Å². The summed E-state index contributed by atoms with van der Waals surface area (Å²) in [6.45, 7) is 0. The lowest BCUT2D eigenvalue weighted by molar-refractivity contribution is -0.151. The van der Waals surface area contributed by atoms with E-state index in [1.54, 1.807) is 6.07 Å². The number of aliphatic hydroxyl groups is 1. The van der Waals surface area contributed by atoms with Gasteiger partial charge in [0.25, 0.3) is 0 Å². The van der Waals surface area contributed by atoms with Gasteiger partial charge in [-0.1, -0.05) is 29.3 Å². The van der Waals surface area contributed by atoms with Crippen molar-refractivity contribution in [1.29, 1.82) is 0 Å². The van der Waals surface area contributed by atoms with E-state index in [2.05, 4.69) is 4.90 Å². The van der Waals surface area contributed by atoms with E-state index < -0.39 is 12.0 Å². The van der Waals surface area contributed by atoms with Crippen LogP contribution in [0.5, 0.6) is 0 Å². The third-order valence-corrected chi connectivity index (χ3v) is 5.87. The Morgan fingerprint density at radius 3 is 2.68 bits per heavy atom. The second kappa shape index (κ2) is 6.00. The number of methoxy groups -OCH3 is 1. The number of hydrogen-bond acceptors (Lipinski definition) is 4. The summed E-state index contributed by atoms with van der Waals surface area (Å²) in [4.78, 5) is 14.5. The molecule has 0 radical (unpaired) electrons. The number of rotatable bonds is 2. The predicted molar refractivity (Wildman–Crippen MR) is 85.3 cm³/mol. The molecule has 0 aliphatic carbocycles. The van der Waals surface area contributed by atoms with Crippen LogP contribution < -0.4 is 0 Å². The summed E-state index contributed by atoms with van der Waals surface area (Å²) < 4.78 is 5.01. The smallest absolute Gasteiger partial charge is 0.310 e. The number of fused-ring (bicyclic) bond motifs is 2. The molecule has 1 aromatic rings. The third kappa shape index (κ3) is 2.52. The number of halogens is 2. The molecule has 1 aromatic carbocycles. The lowest BCUT2D eigenvalue weighted by Gasteiger charge is -2.42. The summed E-state index contributed by atoms with van der Waals surface area (Å²) in [5, 5.41) is 11.3. The van der Waals surface area contributed by atoms with E-state index in [1.807, 2.05) is 19.2 Å². The normalized spacial score (nSPS) is 34.7. The highest BCUT2D eigenvalue weighted by Crippen LogP contribution is 2.47. The Morgan fingerprint density at radius 2 is 2.05 bits per heavy atom. The van der Waals surface area contributed by atoms with E-state index in [-0.39, 0.29) is 24.0 Å². The Balaban J connectivity index is 2.01. The summed E-state index contributed by atoms with van der Waals surface area (Å²) >= 11 is 12.1. The van der Waals surface area contributed by atoms with E-state index in [4.69, 9.17) is 27.9 Å². The molecule has 2 fully saturated rings. The molecule has 2 saturated heterocycles. The van der Waals surface area contributed by atoms with Gasteiger partial charge in [0, 0.05) is 18.0 Å². The monoisotopic (exact) mass is 343 g/mol. The Morgan fingerprint density at radius 1 is 1.32 bits per heavy atom. The summed E-state index contributed by atoms with van der Waals surface area (Å²) in [6, 6.07) is 5.53. The predicted octanol–water partition coefficient (Wildman–Crippen LogP) is 2.70. The van der Waals surface area contributed by atoms with Gasteiger partial charge in [0.05, 0.1) is 29.2 Å². The van der Waals surface area contributed by atoms with Crippen LogP contribution in [0.2, 0.25) is 10.0 Å². The van der Waals surface area contributed by atoms with Crippen LogP contribution in [0.1, 0.15) is 24.3 Å². The fourth-order valence-corrected chi connectivity index (χ4v) is 4.36. The van der Waals surface area contributed by atoms with Crippen molar-refractivity contribution in [1.82, 2.24) is 4.90 Å². The van der Waals surface area contributed by atoms with Crippen molar-refractivity contribution in [2.75, 3.05) is 14.2 Å². The van der Waals surface area contributed by atoms with Gasteiger partial charge in [0.15, 0.2) is 0 Å². The quantitative estimate of drug-likeness (QED) is 0.838. The zero-order valence-corrected chi connectivity index (χ0v) is 14.0. The molecule has 2 bridgehead atoms. The van der Waals surface area contributed by atoms with Crippen LogP contribution in [0.4, 0.5) is 0 Å². The van der Waals surface area contributed by atoms with Crippen molar-refractivity contribution < 1.29 is 14.6 Å². The number of carbonyl (C=O) groups is 1. The molecule has 1 N–H and O–H groups in total. The second-order valence-corrected chi connectivity index (χ2v) is 6.99. The number of nitrogens with zero attached hydrogens (tertiary/aromatic N) is 1. The van der Waals surface area contributed by atoms with Crippen LogP contribution in [0.3, 0.4) is 0 Å². The van der Waals surface area contributed by atoms with Gasteiger partial charge in [-0.15, -0.1) is 0 Å². The van der Waals surface area contributed by atoms with E-state index >= 15 is 0 Å². The topological polar surface area (TPSA) is 49.8 Å². The molecule has 3 rings (SSSR count). The first-order valence-electron chi connectivity index (χ1n) is 7.36. The minimum Gasteiger partial charge on any atom is -0.469 e. The lowest BCUT2D eigenvalue weighted by Crippen LogP contribution is -2.51. The van der Waals surface area contributed by atoms with Crippen LogP contribution >= 0.6 is 23.2 Å². The standard InChI is InChI=1S/C16H19Cl2NO3/c1-19-9-6-10(8-3-4-11(17)12(18)5-8)14(16(21)22-2)15(19)13(20)7-9/h3-5,9-10,13-15,20H,6-7H2,1-2H3/t9?,10?,13-,14+,15-/m1/s1. The van der Waals surface area contributed by atoms with Gasteiger partial charge in [0.1, 0.15) is 0 Å². The molecule has 6 heteroatoms. The molecule has 2 aliphatic heterocycles. The number of carbonyl (C=O) groups excluding carboxylic acids is 1. The van der Waals surface area contributed by atoms with E-state index in [1.165, 1.54) is 7.11 Å². The number of hydrogen-bond donors (Lipinski definition) is 1. The number of piperidine rings is 1. The van der Waals surface area contributed by atoms with Gasteiger partial charge in [-0.3, -0.25) is 9.69 Å². The van der Waals surface area contributed by atoms with E-state index in [0.29, 0.717) is 16.5 Å². The summed E-state index contributed by atoms with van der Waals surface area (Å²) in [5.74, 6) is -0.709. The van der Waals surface area contributed by atoms with Gasteiger partial charge in [-0.25, -0.2) is 0 Å². The van der Waals surface area contributed by atoms with Crippen molar-refractivity contribution in [2.24, 2.45) is 5.92 Å². The van der Waals surface area contributed by atoms with Gasteiger partial charge < -0.3 is 9.84 Å². The Kier molecular flexibility index (Phi) is 4.38. The van der Waals surface area contributed by atoms with Gasteiger partial charge >= 0.3 is 5.97 Å². The van der Waals surface area contributed by atoms with Gasteiger partial charge in [-0.2, -0.15) is 0 Å². The van der Waals surface area contributed by atoms with Crippen molar-refractivity contribution in [3.8, 4) is 0 Å². The molecule has 4 nitrogen and oxygen atoms in total. The molecule has 2 aliphatic rings. The Hall–Kier alpha value is -0.810. The van der Waals surface area contributed by atoms with Crippen LogP contribution in [0, 0.1) is 5.92 Å². The molecule has 22 heavy (non-hydrogen) atoms. The average molecular weight is 344 g/mol. The Labute approximate surface area is 140 Å². The highest BCUT2D eigenvalue weighted by atomic mass is 35.5. The molecule has 0 saturated carbocycles. The van der Waals surface area contributed by atoms with Crippen LogP contribution in [0.25, 0.3) is 0 Å². The number of ether oxygens (including phenoxy) is 1. The molecule has 5 atom stereocenters. The molecular weight excluding hydrogens is 325 g/mol. The fraction of sp³-hybridized carbons (Fsp3) is 0.562. The SMILES string of the molecule is COC(=O)[C@H]1C(c2ccc(Cl)c(Cl)c2)CC2C[C@@H](O)[C@H]1N2C. The summed E-state index contributed by atoms with van der Waals surface area (Å²) in [5.41, 5.74) is 0.974. The average Bonchev–Trinajstić information content (AvgIpc) is 2.68. The van der Waals surface area contributed by atoms with Crippen molar-refractivity contribution in [3.05, 3.63) is 33.8 Å². The number of esters is 1. The molecule has 2 unspecified atom stereocenters. The van der Waals surface area contributed by atoms with Crippen LogP contribution in [-0.4, -0.2) is 48.3 Å². The molecule has 120 valence electrons. The summed E-state index contributed by atoms with van der Waals surface area (Å²) in [6.07, 6.45) is 0.973. The second-order valence-electron chi connectivity index (χ2n) is 6.18. The maximum absolute atomic E-state index is 12.4. The highest BCUT2D eigenvalue weighted by molar-refractivity contribution is 6.42. The first-order chi connectivity index (χ1) is 10.4. The van der Waals surface area contributed by atoms with Gasteiger partial charge in [0.2, 0.25) is 0 Å². The molecule has 0 spiro atoms.